The highest BCUT2D eigenvalue weighted by molar-refractivity contribution is 5.86. The van der Waals surface area contributed by atoms with Crippen molar-refractivity contribution in [3.63, 3.8) is 0 Å². The largest absolute Gasteiger partial charge is 0.464 e. The number of nitrogens with zero attached hydrogens (tertiary/aromatic N) is 3. The topological polar surface area (TPSA) is 67.3 Å². The van der Waals surface area contributed by atoms with Crippen LogP contribution in [0, 0.1) is 0 Å². The van der Waals surface area contributed by atoms with Gasteiger partial charge in [-0.2, -0.15) is 0 Å². The van der Waals surface area contributed by atoms with E-state index in [1.165, 1.54) is 25.5 Å². The lowest BCUT2D eigenvalue weighted by molar-refractivity contribution is 0.0593. The molecule has 24 heavy (non-hydrogen) atoms. The minimum Gasteiger partial charge on any atom is -0.464 e. The van der Waals surface area contributed by atoms with Gasteiger partial charge in [0.15, 0.2) is 5.69 Å². The van der Waals surface area contributed by atoms with Gasteiger partial charge in [0, 0.05) is 6.54 Å². The molecular weight excluding hydrogens is 304 g/mol. The van der Waals surface area contributed by atoms with Crippen LogP contribution in [0.1, 0.15) is 34.9 Å². The molecule has 1 aromatic heterocycles. The van der Waals surface area contributed by atoms with E-state index in [9.17, 15) is 4.79 Å². The SMILES string of the molecule is COC(=O)c1ccc(NC(CN2CCCC2)c2ccccc2)nn1. The van der Waals surface area contributed by atoms with E-state index in [4.69, 9.17) is 0 Å². The molecule has 2 heterocycles. The van der Waals surface area contributed by atoms with E-state index in [1.807, 2.05) is 18.2 Å². The maximum Gasteiger partial charge on any atom is 0.358 e. The van der Waals surface area contributed by atoms with Crippen LogP contribution in [0.3, 0.4) is 0 Å². The summed E-state index contributed by atoms with van der Waals surface area (Å²) >= 11 is 0. The number of hydrogen-bond acceptors (Lipinski definition) is 6. The predicted octanol–water partition coefficient (Wildman–Crippen LogP) is 2.51. The summed E-state index contributed by atoms with van der Waals surface area (Å²) in [5.74, 6) is 0.168. The number of nitrogens with one attached hydrogen (secondary N) is 1. The summed E-state index contributed by atoms with van der Waals surface area (Å²) in [7, 11) is 1.33. The molecule has 1 aromatic carbocycles. The van der Waals surface area contributed by atoms with Gasteiger partial charge in [0.25, 0.3) is 0 Å². The van der Waals surface area contributed by atoms with Gasteiger partial charge in [-0.1, -0.05) is 30.3 Å². The Hall–Kier alpha value is -2.47. The summed E-state index contributed by atoms with van der Waals surface area (Å²) in [4.78, 5) is 13.9. The van der Waals surface area contributed by atoms with Crippen molar-refractivity contribution >= 4 is 11.8 Å². The first-order valence-corrected chi connectivity index (χ1v) is 8.22. The quantitative estimate of drug-likeness (QED) is 0.823. The predicted molar refractivity (Wildman–Crippen MR) is 91.9 cm³/mol. The van der Waals surface area contributed by atoms with Crippen molar-refractivity contribution in [1.82, 2.24) is 15.1 Å². The number of ether oxygens (including phenoxy) is 1. The first-order chi connectivity index (χ1) is 11.8. The van der Waals surface area contributed by atoms with Crippen LogP contribution < -0.4 is 5.32 Å². The number of carbonyl (C=O) groups excluding carboxylic acids is 1. The zero-order chi connectivity index (χ0) is 16.8. The number of rotatable bonds is 6. The second kappa shape index (κ2) is 7.88. The van der Waals surface area contributed by atoms with Crippen molar-refractivity contribution in [2.24, 2.45) is 0 Å². The number of hydrogen-bond donors (Lipinski definition) is 1. The van der Waals surface area contributed by atoms with Gasteiger partial charge < -0.3 is 15.0 Å². The van der Waals surface area contributed by atoms with Gasteiger partial charge in [-0.25, -0.2) is 4.79 Å². The van der Waals surface area contributed by atoms with E-state index < -0.39 is 5.97 Å². The molecule has 3 rings (SSSR count). The molecule has 1 fully saturated rings. The number of methoxy groups -OCH3 is 1. The highest BCUT2D eigenvalue weighted by atomic mass is 16.5. The van der Waals surface area contributed by atoms with Gasteiger partial charge in [0.05, 0.1) is 13.2 Å². The lowest BCUT2D eigenvalue weighted by atomic mass is 10.1. The Morgan fingerprint density at radius 1 is 1.17 bits per heavy atom. The lowest BCUT2D eigenvalue weighted by Gasteiger charge is -2.25. The molecular formula is C18H22N4O2. The molecule has 6 nitrogen and oxygen atoms in total. The summed E-state index contributed by atoms with van der Waals surface area (Å²) in [6.45, 7) is 3.19. The Balaban J connectivity index is 1.74. The lowest BCUT2D eigenvalue weighted by Crippen LogP contribution is -2.29. The Bertz CT molecular complexity index is 654. The molecule has 2 aromatic rings. The molecule has 1 saturated heterocycles. The van der Waals surface area contributed by atoms with E-state index >= 15 is 0 Å². The van der Waals surface area contributed by atoms with Gasteiger partial charge >= 0.3 is 5.97 Å². The summed E-state index contributed by atoms with van der Waals surface area (Å²) in [5, 5.41) is 11.5. The minimum atomic E-state index is -0.481. The molecule has 0 radical (unpaired) electrons. The zero-order valence-electron chi connectivity index (χ0n) is 13.8. The van der Waals surface area contributed by atoms with Crippen LogP contribution in [-0.2, 0) is 4.74 Å². The molecule has 0 amide bonds. The number of aromatic nitrogens is 2. The van der Waals surface area contributed by atoms with Gasteiger partial charge in [-0.05, 0) is 43.6 Å². The van der Waals surface area contributed by atoms with E-state index in [0.29, 0.717) is 5.82 Å². The smallest absolute Gasteiger partial charge is 0.358 e. The average molecular weight is 326 g/mol. The standard InChI is InChI=1S/C18H22N4O2/c1-24-18(23)15-9-10-17(21-20-15)19-16(13-22-11-5-6-12-22)14-7-3-2-4-8-14/h2-4,7-10,16H,5-6,11-13H2,1H3,(H,19,21). The van der Waals surface area contributed by atoms with Crippen molar-refractivity contribution in [2.45, 2.75) is 18.9 Å². The summed E-state index contributed by atoms with van der Waals surface area (Å²) in [6.07, 6.45) is 2.52. The second-order valence-corrected chi connectivity index (χ2v) is 5.91. The first kappa shape index (κ1) is 16.4. The first-order valence-electron chi connectivity index (χ1n) is 8.22. The third-order valence-corrected chi connectivity index (χ3v) is 4.22. The third kappa shape index (κ3) is 4.08. The number of carbonyl (C=O) groups is 1. The Morgan fingerprint density at radius 3 is 2.54 bits per heavy atom. The van der Waals surface area contributed by atoms with Crippen LogP contribution >= 0.6 is 0 Å². The van der Waals surface area contributed by atoms with Crippen LogP contribution in [0.15, 0.2) is 42.5 Å². The van der Waals surface area contributed by atoms with Crippen LogP contribution in [-0.4, -0.2) is 47.8 Å². The van der Waals surface area contributed by atoms with E-state index in [-0.39, 0.29) is 11.7 Å². The highest BCUT2D eigenvalue weighted by Gasteiger charge is 2.19. The fourth-order valence-electron chi connectivity index (χ4n) is 2.94. The fourth-order valence-corrected chi connectivity index (χ4v) is 2.94. The third-order valence-electron chi connectivity index (χ3n) is 4.22. The second-order valence-electron chi connectivity index (χ2n) is 5.91. The average Bonchev–Trinajstić information content (AvgIpc) is 3.15. The Kier molecular flexibility index (Phi) is 5.38. The molecule has 6 heteroatoms. The molecule has 0 bridgehead atoms. The van der Waals surface area contributed by atoms with Gasteiger partial charge in [-0.15, -0.1) is 10.2 Å². The molecule has 1 N–H and O–H groups in total. The van der Waals surface area contributed by atoms with Gasteiger partial charge in [0.2, 0.25) is 0 Å². The zero-order valence-corrected chi connectivity index (χ0v) is 13.8. The van der Waals surface area contributed by atoms with Crippen LogP contribution in [0.2, 0.25) is 0 Å². The number of esters is 1. The maximum atomic E-state index is 11.4. The molecule has 1 atom stereocenters. The maximum absolute atomic E-state index is 11.4. The van der Waals surface area contributed by atoms with Crippen molar-refractivity contribution in [3.8, 4) is 0 Å². The van der Waals surface area contributed by atoms with Gasteiger partial charge in [-0.3, -0.25) is 0 Å². The molecule has 126 valence electrons. The summed E-state index contributed by atoms with van der Waals surface area (Å²) < 4.78 is 4.65. The van der Waals surface area contributed by atoms with Crippen molar-refractivity contribution in [3.05, 3.63) is 53.7 Å². The molecule has 0 spiro atoms. The molecule has 0 saturated carbocycles. The van der Waals surface area contributed by atoms with Crippen molar-refractivity contribution < 1.29 is 9.53 Å². The molecule has 1 aliphatic rings. The van der Waals surface area contributed by atoms with E-state index in [2.05, 4.69) is 37.3 Å². The van der Waals surface area contributed by atoms with Crippen molar-refractivity contribution in [1.29, 1.82) is 0 Å². The minimum absolute atomic E-state index is 0.127. The normalized spacial score (nSPS) is 15.9. The van der Waals surface area contributed by atoms with Crippen LogP contribution in [0.5, 0.6) is 0 Å². The number of anilines is 1. The van der Waals surface area contributed by atoms with E-state index in [1.54, 1.807) is 12.1 Å². The monoisotopic (exact) mass is 326 g/mol. The summed E-state index contributed by atoms with van der Waals surface area (Å²) in [5.41, 5.74) is 1.42. The molecule has 1 aliphatic heterocycles. The highest BCUT2D eigenvalue weighted by Crippen LogP contribution is 2.21. The number of likely N-dealkylation sites (tertiary alicyclic amines) is 1. The summed E-state index contributed by atoms with van der Waals surface area (Å²) in [6, 6.07) is 13.8. The van der Waals surface area contributed by atoms with Crippen LogP contribution in [0.25, 0.3) is 0 Å². The van der Waals surface area contributed by atoms with Gasteiger partial charge in [0.1, 0.15) is 5.82 Å². The van der Waals surface area contributed by atoms with Crippen LogP contribution in [0.4, 0.5) is 5.82 Å². The molecule has 0 aliphatic carbocycles. The number of benzene rings is 1. The Labute approximate surface area is 141 Å². The Morgan fingerprint density at radius 2 is 1.92 bits per heavy atom. The van der Waals surface area contributed by atoms with E-state index in [0.717, 1.165) is 19.6 Å². The fraction of sp³-hybridized carbons (Fsp3) is 0.389. The molecule has 1 unspecified atom stereocenters. The van der Waals surface area contributed by atoms with Crippen molar-refractivity contribution in [2.75, 3.05) is 32.1 Å².